The van der Waals surface area contributed by atoms with E-state index in [1.165, 1.54) is 6.07 Å². The van der Waals surface area contributed by atoms with Gasteiger partial charge in [0, 0.05) is 0 Å². The van der Waals surface area contributed by atoms with Crippen LogP contribution in [0.4, 0.5) is 11.4 Å². The van der Waals surface area contributed by atoms with Crippen molar-refractivity contribution in [1.29, 1.82) is 5.26 Å². The first-order valence-electron chi connectivity index (χ1n) is 7.90. The Morgan fingerprint density at radius 2 is 1.54 bits per heavy atom. The molecule has 2 aromatic rings. The molecule has 0 aliphatic rings. The number of esters is 1. The third kappa shape index (κ3) is 4.92. The lowest BCUT2D eigenvalue weighted by molar-refractivity contribution is -0.123. The van der Waals surface area contributed by atoms with Crippen LogP contribution in [0.5, 0.6) is 0 Å². The Kier molecular flexibility index (Phi) is 6.46. The molecule has 2 rings (SSSR count). The molecule has 0 saturated carbocycles. The second-order valence-corrected chi connectivity index (χ2v) is 5.20. The van der Waals surface area contributed by atoms with Gasteiger partial charge in [-0.3, -0.25) is 9.59 Å². The van der Waals surface area contributed by atoms with Gasteiger partial charge in [-0.15, -0.1) is 0 Å². The van der Waals surface area contributed by atoms with Gasteiger partial charge in [0.1, 0.15) is 12.5 Å². The second kappa shape index (κ2) is 8.99. The molecule has 2 N–H and O–H groups in total. The number of benzene rings is 2. The molecule has 0 unspecified atom stereocenters. The molecule has 0 radical (unpaired) electrons. The minimum Gasteiger partial charge on any atom is -0.462 e. The summed E-state index contributed by atoms with van der Waals surface area (Å²) in [6.07, 6.45) is -0.461. The van der Waals surface area contributed by atoms with Crippen LogP contribution in [0.15, 0.2) is 48.5 Å². The van der Waals surface area contributed by atoms with E-state index in [9.17, 15) is 14.4 Å². The lowest BCUT2D eigenvalue weighted by Crippen LogP contribution is -2.22. The van der Waals surface area contributed by atoms with E-state index in [1.54, 1.807) is 49.4 Å². The van der Waals surface area contributed by atoms with Crippen molar-refractivity contribution in [3.8, 4) is 6.07 Å². The molecule has 0 saturated heterocycles. The van der Waals surface area contributed by atoms with Gasteiger partial charge in [0.25, 0.3) is 0 Å². The zero-order valence-corrected chi connectivity index (χ0v) is 14.1. The molecule has 7 heteroatoms. The van der Waals surface area contributed by atoms with Crippen LogP contribution in [-0.4, -0.2) is 24.4 Å². The van der Waals surface area contributed by atoms with Crippen molar-refractivity contribution >= 4 is 29.2 Å². The van der Waals surface area contributed by atoms with E-state index >= 15 is 0 Å². The Bertz CT molecular complexity index is 871. The maximum Gasteiger partial charge on any atom is 0.340 e. The normalized spacial score (nSPS) is 9.69. The quantitative estimate of drug-likeness (QED) is 0.614. The van der Waals surface area contributed by atoms with E-state index in [2.05, 4.69) is 10.6 Å². The molecule has 2 aromatic carbocycles. The Labute approximate surface area is 150 Å². The first-order valence-corrected chi connectivity index (χ1v) is 7.90. The number of amides is 2. The smallest absolute Gasteiger partial charge is 0.340 e. The summed E-state index contributed by atoms with van der Waals surface area (Å²) in [7, 11) is 0. The van der Waals surface area contributed by atoms with Crippen molar-refractivity contribution in [3.63, 3.8) is 0 Å². The molecule has 0 heterocycles. The monoisotopic (exact) mass is 351 g/mol. The van der Waals surface area contributed by atoms with Gasteiger partial charge in [-0.25, -0.2) is 4.79 Å². The van der Waals surface area contributed by atoms with Crippen LogP contribution in [-0.2, 0) is 14.3 Å². The molecule has 0 spiro atoms. The fourth-order valence-corrected chi connectivity index (χ4v) is 2.20. The number of carbonyl (C=O) groups excluding carboxylic acids is 3. The van der Waals surface area contributed by atoms with Crippen molar-refractivity contribution in [1.82, 2.24) is 0 Å². The second-order valence-electron chi connectivity index (χ2n) is 5.20. The summed E-state index contributed by atoms with van der Waals surface area (Å²) in [5.74, 6) is -1.72. The van der Waals surface area contributed by atoms with E-state index in [0.717, 1.165) is 0 Å². The van der Waals surface area contributed by atoms with Crippen LogP contribution in [0, 0.1) is 11.3 Å². The van der Waals surface area contributed by atoms with E-state index in [1.807, 2.05) is 6.07 Å². The third-order valence-corrected chi connectivity index (χ3v) is 3.34. The Balaban J connectivity index is 2.02. The highest BCUT2D eigenvalue weighted by atomic mass is 16.5. The summed E-state index contributed by atoms with van der Waals surface area (Å²) in [6, 6.07) is 14.8. The fourth-order valence-electron chi connectivity index (χ4n) is 2.20. The molecule has 26 heavy (non-hydrogen) atoms. The highest BCUT2D eigenvalue weighted by Gasteiger charge is 2.16. The molecule has 0 aromatic heterocycles. The van der Waals surface area contributed by atoms with Crippen molar-refractivity contribution in [2.24, 2.45) is 0 Å². The minimum absolute atomic E-state index is 0.206. The zero-order valence-electron chi connectivity index (χ0n) is 14.1. The number of rotatable bonds is 6. The van der Waals surface area contributed by atoms with Crippen LogP contribution in [0.2, 0.25) is 0 Å². The zero-order chi connectivity index (χ0) is 18.9. The summed E-state index contributed by atoms with van der Waals surface area (Å²) < 4.78 is 4.94. The molecule has 0 bridgehead atoms. The number of ether oxygens (including phenoxy) is 1. The van der Waals surface area contributed by atoms with Crippen LogP contribution >= 0.6 is 0 Å². The maximum absolute atomic E-state index is 12.1. The molecule has 132 valence electrons. The van der Waals surface area contributed by atoms with E-state index in [4.69, 9.17) is 10.00 Å². The molecule has 0 fully saturated rings. The first-order chi connectivity index (χ1) is 12.5. The van der Waals surface area contributed by atoms with Gasteiger partial charge in [0.2, 0.25) is 11.8 Å². The summed E-state index contributed by atoms with van der Waals surface area (Å²) in [5.41, 5.74) is 1.10. The number of nitriles is 1. The minimum atomic E-state index is -0.589. The van der Waals surface area contributed by atoms with Gasteiger partial charge < -0.3 is 15.4 Å². The van der Waals surface area contributed by atoms with Crippen LogP contribution in [0.3, 0.4) is 0 Å². The fraction of sp³-hybridized carbons (Fsp3) is 0.158. The van der Waals surface area contributed by atoms with E-state index < -0.39 is 24.2 Å². The Morgan fingerprint density at radius 1 is 0.962 bits per heavy atom. The highest BCUT2D eigenvalue weighted by molar-refractivity contribution is 6.10. The molecular weight excluding hydrogens is 334 g/mol. The molecule has 0 aliphatic carbocycles. The van der Waals surface area contributed by atoms with Gasteiger partial charge in [-0.2, -0.15) is 5.26 Å². The van der Waals surface area contributed by atoms with Gasteiger partial charge in [0.05, 0.1) is 29.1 Å². The van der Waals surface area contributed by atoms with Crippen molar-refractivity contribution in [3.05, 3.63) is 59.7 Å². The van der Waals surface area contributed by atoms with Crippen LogP contribution in [0.25, 0.3) is 0 Å². The van der Waals surface area contributed by atoms with Crippen LogP contribution in [0.1, 0.15) is 29.3 Å². The Morgan fingerprint density at radius 3 is 2.19 bits per heavy atom. The van der Waals surface area contributed by atoms with E-state index in [-0.39, 0.29) is 17.9 Å². The SMILES string of the molecule is CCOC(=O)c1ccccc1NC(=O)CC(=O)Nc1ccccc1C#N. The predicted molar refractivity (Wildman–Crippen MR) is 95.4 cm³/mol. The maximum atomic E-state index is 12.1. The number of hydrogen-bond donors (Lipinski definition) is 2. The number of hydrogen-bond acceptors (Lipinski definition) is 5. The Hall–Kier alpha value is -3.66. The average Bonchev–Trinajstić information content (AvgIpc) is 2.62. The van der Waals surface area contributed by atoms with Gasteiger partial charge >= 0.3 is 5.97 Å². The van der Waals surface area contributed by atoms with Crippen molar-refractivity contribution in [2.75, 3.05) is 17.2 Å². The number of carbonyl (C=O) groups is 3. The van der Waals surface area contributed by atoms with Gasteiger partial charge in [-0.05, 0) is 31.2 Å². The van der Waals surface area contributed by atoms with E-state index in [0.29, 0.717) is 11.3 Å². The standard InChI is InChI=1S/C19H17N3O4/c1-2-26-19(25)14-8-4-6-10-16(14)22-18(24)11-17(23)21-15-9-5-3-7-13(15)12-20/h3-10H,2,11H2,1H3,(H,21,23)(H,22,24). The van der Waals surface area contributed by atoms with Gasteiger partial charge in [-0.1, -0.05) is 24.3 Å². The van der Waals surface area contributed by atoms with Crippen LogP contribution < -0.4 is 10.6 Å². The lowest BCUT2D eigenvalue weighted by Gasteiger charge is -2.11. The lowest BCUT2D eigenvalue weighted by atomic mass is 10.1. The largest absolute Gasteiger partial charge is 0.462 e. The first kappa shape index (κ1) is 18.7. The molecule has 0 atom stereocenters. The molecular formula is C19H17N3O4. The summed E-state index contributed by atoms with van der Waals surface area (Å²) in [5, 5.41) is 14.1. The number of anilines is 2. The number of para-hydroxylation sites is 2. The van der Waals surface area contributed by atoms with Crippen molar-refractivity contribution in [2.45, 2.75) is 13.3 Å². The summed E-state index contributed by atoms with van der Waals surface area (Å²) in [4.78, 5) is 36.0. The average molecular weight is 351 g/mol. The third-order valence-electron chi connectivity index (χ3n) is 3.34. The number of nitrogens with one attached hydrogen (secondary N) is 2. The number of nitrogens with zero attached hydrogens (tertiary/aromatic N) is 1. The topological polar surface area (TPSA) is 108 Å². The highest BCUT2D eigenvalue weighted by Crippen LogP contribution is 2.17. The summed E-state index contributed by atoms with van der Waals surface area (Å²) in [6.45, 7) is 1.89. The molecule has 0 aliphatic heterocycles. The van der Waals surface area contributed by atoms with Crippen molar-refractivity contribution < 1.29 is 19.1 Å². The summed E-state index contributed by atoms with van der Waals surface area (Å²) >= 11 is 0. The van der Waals surface area contributed by atoms with Gasteiger partial charge in [0.15, 0.2) is 0 Å². The predicted octanol–water partition coefficient (Wildman–Crippen LogP) is 2.70. The molecule has 7 nitrogen and oxygen atoms in total. The molecule has 2 amide bonds.